The van der Waals surface area contributed by atoms with Gasteiger partial charge in [-0.2, -0.15) is 0 Å². The average Bonchev–Trinajstić information content (AvgIpc) is 2.96. The lowest BCUT2D eigenvalue weighted by Gasteiger charge is -2.44. The fraction of sp³-hybridized carbons (Fsp3) is 0.419. The van der Waals surface area contributed by atoms with E-state index in [4.69, 9.17) is 28.4 Å². The van der Waals surface area contributed by atoms with Crippen molar-refractivity contribution in [2.45, 2.75) is 67.7 Å². The lowest BCUT2D eigenvalue weighted by molar-refractivity contribution is -0.319. The third-order valence-corrected chi connectivity index (χ3v) is 7.03. The van der Waals surface area contributed by atoms with E-state index in [9.17, 15) is 0 Å². The SMILES string of the molecule is COC(O[C@@H]1[C@@H](OCc2ccccc2)[C@H](OCc2ccccc2)[C@@H](COCc2ccccc2)O[C@H]1F)C(C)I. The molecule has 0 N–H and O–H groups in total. The van der Waals surface area contributed by atoms with E-state index < -0.39 is 37.1 Å². The predicted molar refractivity (Wildman–Crippen MR) is 155 cm³/mol. The number of rotatable bonds is 14. The molecule has 2 unspecified atom stereocenters. The minimum Gasteiger partial charge on any atom is -0.374 e. The van der Waals surface area contributed by atoms with Gasteiger partial charge in [0, 0.05) is 7.11 Å². The van der Waals surface area contributed by atoms with Crippen molar-refractivity contribution < 1.29 is 32.8 Å². The van der Waals surface area contributed by atoms with Crippen LogP contribution in [0.5, 0.6) is 0 Å². The van der Waals surface area contributed by atoms with Gasteiger partial charge >= 0.3 is 0 Å². The Labute approximate surface area is 243 Å². The Morgan fingerprint density at radius 2 is 1.23 bits per heavy atom. The zero-order chi connectivity index (χ0) is 27.5. The van der Waals surface area contributed by atoms with Crippen LogP contribution in [0.4, 0.5) is 4.39 Å². The largest absolute Gasteiger partial charge is 0.374 e. The molecule has 0 radical (unpaired) electrons. The molecule has 0 amide bonds. The standard InChI is InChI=1S/C31H36FIO6/c1-22(33)31(34-2)39-29-28(37-20-25-16-10-5-11-17-25)27(36-19-24-14-8-4-9-15-24)26(38-30(29)32)21-35-18-23-12-6-3-7-13-23/h3-17,22,26-31H,18-21H2,1-2H3/t22?,26-,27-,28+,29-,30-,31?/m1/s1. The topological polar surface area (TPSA) is 55.4 Å². The molecule has 7 atom stereocenters. The molecule has 0 aliphatic carbocycles. The van der Waals surface area contributed by atoms with Crippen LogP contribution >= 0.6 is 22.6 Å². The Hall–Kier alpha value is -1.92. The Bertz CT molecular complexity index is 1070. The van der Waals surface area contributed by atoms with E-state index >= 15 is 4.39 Å². The first-order valence-electron chi connectivity index (χ1n) is 13.1. The van der Waals surface area contributed by atoms with Crippen LogP contribution in [-0.4, -0.2) is 54.7 Å². The fourth-order valence-electron chi connectivity index (χ4n) is 4.44. The number of halogens is 2. The summed E-state index contributed by atoms with van der Waals surface area (Å²) in [6.45, 7) is 3.00. The smallest absolute Gasteiger partial charge is 0.228 e. The molecule has 39 heavy (non-hydrogen) atoms. The van der Waals surface area contributed by atoms with Gasteiger partial charge in [-0.1, -0.05) is 114 Å². The van der Waals surface area contributed by atoms with Crippen LogP contribution in [0, 0.1) is 0 Å². The van der Waals surface area contributed by atoms with Gasteiger partial charge < -0.3 is 28.4 Å². The first-order chi connectivity index (χ1) is 19.0. The molecule has 1 heterocycles. The van der Waals surface area contributed by atoms with Gasteiger partial charge in [0.25, 0.3) is 0 Å². The van der Waals surface area contributed by atoms with Crippen molar-refractivity contribution in [3.8, 4) is 0 Å². The molecule has 1 fully saturated rings. The molecule has 0 aromatic heterocycles. The van der Waals surface area contributed by atoms with Crippen molar-refractivity contribution in [1.82, 2.24) is 0 Å². The van der Waals surface area contributed by atoms with E-state index in [1.807, 2.05) is 97.9 Å². The van der Waals surface area contributed by atoms with Crippen LogP contribution in [0.3, 0.4) is 0 Å². The number of ether oxygens (including phenoxy) is 6. The Kier molecular flexibility index (Phi) is 12.1. The summed E-state index contributed by atoms with van der Waals surface area (Å²) in [6.07, 6.45) is -5.64. The molecule has 0 bridgehead atoms. The van der Waals surface area contributed by atoms with Crippen LogP contribution in [0.2, 0.25) is 0 Å². The van der Waals surface area contributed by atoms with E-state index in [-0.39, 0.29) is 17.1 Å². The third-order valence-electron chi connectivity index (χ3n) is 6.44. The van der Waals surface area contributed by atoms with Crippen LogP contribution in [0.25, 0.3) is 0 Å². The molecule has 0 spiro atoms. The molecule has 3 aromatic rings. The minimum absolute atomic E-state index is 0.0369. The molecule has 8 heteroatoms. The predicted octanol–water partition coefficient (Wildman–Crippen LogP) is 6.25. The molecule has 3 aromatic carbocycles. The first kappa shape index (κ1) is 30.0. The minimum atomic E-state index is -1.76. The molecule has 0 saturated carbocycles. The second-order valence-electron chi connectivity index (χ2n) is 9.43. The number of methoxy groups -OCH3 is 1. The Morgan fingerprint density at radius 1 is 0.744 bits per heavy atom. The Morgan fingerprint density at radius 3 is 1.72 bits per heavy atom. The van der Waals surface area contributed by atoms with E-state index in [1.165, 1.54) is 0 Å². The molecular weight excluding hydrogens is 614 g/mol. The van der Waals surface area contributed by atoms with Crippen molar-refractivity contribution in [3.63, 3.8) is 0 Å². The van der Waals surface area contributed by atoms with Gasteiger partial charge in [-0.3, -0.25) is 0 Å². The van der Waals surface area contributed by atoms with E-state index in [1.54, 1.807) is 7.11 Å². The summed E-state index contributed by atoms with van der Waals surface area (Å²) in [5.74, 6) is 0. The first-order valence-corrected chi connectivity index (χ1v) is 14.3. The van der Waals surface area contributed by atoms with Crippen molar-refractivity contribution in [2.24, 2.45) is 0 Å². The van der Waals surface area contributed by atoms with Crippen LogP contribution in [0.1, 0.15) is 23.6 Å². The second kappa shape index (κ2) is 15.8. The lowest BCUT2D eigenvalue weighted by atomic mass is 9.98. The van der Waals surface area contributed by atoms with Gasteiger partial charge in [0.15, 0.2) is 6.29 Å². The van der Waals surface area contributed by atoms with Crippen molar-refractivity contribution >= 4 is 22.6 Å². The molecule has 1 aliphatic heterocycles. The summed E-state index contributed by atoms with van der Waals surface area (Å²) in [5, 5.41) is 0. The summed E-state index contributed by atoms with van der Waals surface area (Å²) < 4.78 is 52.0. The summed E-state index contributed by atoms with van der Waals surface area (Å²) >= 11 is 2.20. The molecule has 6 nitrogen and oxygen atoms in total. The maximum atomic E-state index is 15.7. The van der Waals surface area contributed by atoms with Crippen LogP contribution < -0.4 is 0 Å². The summed E-state index contributed by atoms with van der Waals surface area (Å²) in [6, 6.07) is 29.4. The van der Waals surface area contributed by atoms with Gasteiger partial charge in [-0.25, -0.2) is 4.39 Å². The van der Waals surface area contributed by atoms with Gasteiger partial charge in [0.05, 0.1) is 30.4 Å². The summed E-state index contributed by atoms with van der Waals surface area (Å²) in [4.78, 5) is 0. The molecular formula is C31H36FIO6. The summed E-state index contributed by atoms with van der Waals surface area (Å²) in [5.41, 5.74) is 2.96. The second-order valence-corrected chi connectivity index (χ2v) is 11.4. The zero-order valence-corrected chi connectivity index (χ0v) is 24.4. The van der Waals surface area contributed by atoms with E-state index in [0.717, 1.165) is 16.7 Å². The maximum Gasteiger partial charge on any atom is 0.228 e. The zero-order valence-electron chi connectivity index (χ0n) is 22.2. The normalized spacial score (nSPS) is 24.8. The quantitative estimate of drug-likeness (QED) is 0.117. The fourth-order valence-corrected chi connectivity index (χ4v) is 4.90. The highest BCUT2D eigenvalue weighted by atomic mass is 127. The highest BCUT2D eigenvalue weighted by molar-refractivity contribution is 14.1. The molecule has 1 saturated heterocycles. The van der Waals surface area contributed by atoms with Gasteiger partial charge in [-0.05, 0) is 23.6 Å². The monoisotopic (exact) mass is 650 g/mol. The van der Waals surface area contributed by atoms with E-state index in [2.05, 4.69) is 22.6 Å². The maximum absolute atomic E-state index is 15.7. The van der Waals surface area contributed by atoms with Gasteiger partial charge in [-0.15, -0.1) is 0 Å². The number of hydrogen-bond acceptors (Lipinski definition) is 6. The average molecular weight is 651 g/mol. The number of alkyl halides is 2. The third kappa shape index (κ3) is 9.04. The van der Waals surface area contributed by atoms with Crippen molar-refractivity contribution in [1.29, 1.82) is 0 Å². The van der Waals surface area contributed by atoms with Crippen LogP contribution in [0.15, 0.2) is 91.0 Å². The number of benzene rings is 3. The lowest BCUT2D eigenvalue weighted by Crippen LogP contribution is -2.61. The summed E-state index contributed by atoms with van der Waals surface area (Å²) in [7, 11) is 1.54. The van der Waals surface area contributed by atoms with E-state index in [0.29, 0.717) is 13.2 Å². The van der Waals surface area contributed by atoms with Gasteiger partial charge in [0.2, 0.25) is 6.36 Å². The Balaban J connectivity index is 1.57. The van der Waals surface area contributed by atoms with Gasteiger partial charge in [0.1, 0.15) is 24.4 Å². The van der Waals surface area contributed by atoms with Crippen molar-refractivity contribution in [2.75, 3.05) is 13.7 Å². The molecule has 210 valence electrons. The molecule has 1 aliphatic rings. The van der Waals surface area contributed by atoms with Crippen LogP contribution in [-0.2, 0) is 48.2 Å². The molecule has 4 rings (SSSR count). The van der Waals surface area contributed by atoms with Crippen molar-refractivity contribution in [3.05, 3.63) is 108 Å². The number of hydrogen-bond donors (Lipinski definition) is 0. The highest BCUT2D eigenvalue weighted by Crippen LogP contribution is 2.32. The highest BCUT2D eigenvalue weighted by Gasteiger charge is 2.50.